The van der Waals surface area contributed by atoms with Gasteiger partial charge < -0.3 is 9.42 Å². The molecule has 0 saturated carbocycles. The van der Waals surface area contributed by atoms with Crippen LogP contribution < -0.4 is 0 Å². The first-order valence-electron chi connectivity index (χ1n) is 14.4. The van der Waals surface area contributed by atoms with E-state index < -0.39 is 13.3 Å². The first kappa shape index (κ1) is 34.9. The Hall–Kier alpha value is -0.0700. The molecule has 0 saturated heterocycles. The summed E-state index contributed by atoms with van der Waals surface area (Å²) in [6.45, 7) is 8.15. The summed E-state index contributed by atoms with van der Waals surface area (Å²) in [5.74, 6) is 1.05. The molecule has 6 nitrogen and oxygen atoms in total. The van der Waals surface area contributed by atoms with Gasteiger partial charge in [-0.15, -0.1) is 0 Å². The molecule has 210 valence electrons. The van der Waals surface area contributed by atoms with Crippen molar-refractivity contribution in [2.24, 2.45) is 0 Å². The zero-order chi connectivity index (χ0) is 26.2. The molecule has 0 aliphatic heterocycles. The SMILES string of the molecule is CCCCCCCCCCCCCSC(CCCCCCC)C(C)OOC(=O)P(=O)(O)OCCC. The van der Waals surface area contributed by atoms with Gasteiger partial charge in [-0.3, -0.25) is 4.89 Å². The second-order valence-corrected chi connectivity index (χ2v) is 12.7. The van der Waals surface area contributed by atoms with E-state index in [4.69, 9.17) is 14.3 Å². The van der Waals surface area contributed by atoms with Crippen molar-refractivity contribution >= 4 is 25.1 Å². The number of hydrogen-bond donors (Lipinski definition) is 1. The molecule has 0 aromatic rings. The molecule has 0 aliphatic rings. The summed E-state index contributed by atoms with van der Waals surface area (Å²) in [5.41, 5.74) is -1.34. The van der Waals surface area contributed by atoms with Gasteiger partial charge in [0.15, 0.2) is 0 Å². The van der Waals surface area contributed by atoms with E-state index in [1.54, 1.807) is 6.92 Å². The number of unbranched alkanes of at least 4 members (excludes halogenated alkanes) is 14. The van der Waals surface area contributed by atoms with Gasteiger partial charge in [0.2, 0.25) is 0 Å². The summed E-state index contributed by atoms with van der Waals surface area (Å²) in [4.78, 5) is 31.6. The molecule has 1 N–H and O–H groups in total. The van der Waals surface area contributed by atoms with E-state index in [2.05, 4.69) is 13.8 Å². The van der Waals surface area contributed by atoms with Crippen LogP contribution in [0.5, 0.6) is 0 Å². The van der Waals surface area contributed by atoms with E-state index >= 15 is 0 Å². The smallest absolute Gasteiger partial charge is 0.316 e. The fourth-order valence-corrected chi connectivity index (χ4v) is 5.89. The van der Waals surface area contributed by atoms with Gasteiger partial charge in [-0.05, 0) is 31.9 Å². The van der Waals surface area contributed by atoms with Gasteiger partial charge in [0.25, 0.3) is 0 Å². The lowest BCUT2D eigenvalue weighted by Gasteiger charge is -2.23. The van der Waals surface area contributed by atoms with Crippen LogP contribution in [0.2, 0.25) is 0 Å². The van der Waals surface area contributed by atoms with E-state index in [0.29, 0.717) is 6.42 Å². The summed E-state index contributed by atoms with van der Waals surface area (Å²) in [6, 6.07) is 0. The topological polar surface area (TPSA) is 82.1 Å². The van der Waals surface area contributed by atoms with E-state index in [1.165, 1.54) is 96.3 Å². The largest absolute Gasteiger partial charge is 0.452 e. The Morgan fingerprint density at radius 2 is 1.26 bits per heavy atom. The Kier molecular flexibility index (Phi) is 24.2. The third-order valence-corrected chi connectivity index (χ3v) is 8.81. The average Bonchev–Trinajstić information content (AvgIpc) is 2.84. The molecule has 0 fully saturated rings. The quantitative estimate of drug-likeness (QED) is 0.0508. The lowest BCUT2D eigenvalue weighted by molar-refractivity contribution is -0.262. The fraction of sp³-hybridized carbons (Fsp3) is 0.963. The Morgan fingerprint density at radius 3 is 1.77 bits per heavy atom. The van der Waals surface area contributed by atoms with Gasteiger partial charge in [0.05, 0.1) is 6.61 Å². The third kappa shape index (κ3) is 20.6. The minimum absolute atomic E-state index is 0.0215. The molecule has 3 unspecified atom stereocenters. The van der Waals surface area contributed by atoms with Crippen molar-refractivity contribution in [3.63, 3.8) is 0 Å². The average molecular weight is 539 g/mol. The maximum Gasteiger partial charge on any atom is 0.452 e. The van der Waals surface area contributed by atoms with Crippen LogP contribution in [0.15, 0.2) is 0 Å². The Morgan fingerprint density at radius 1 is 0.771 bits per heavy atom. The van der Waals surface area contributed by atoms with Gasteiger partial charge in [0.1, 0.15) is 6.10 Å². The second kappa shape index (κ2) is 24.3. The van der Waals surface area contributed by atoms with Crippen molar-refractivity contribution in [1.82, 2.24) is 0 Å². The molecule has 0 heterocycles. The maximum atomic E-state index is 11.9. The Balaban J connectivity index is 4.26. The second-order valence-electron chi connectivity index (χ2n) is 9.65. The summed E-state index contributed by atoms with van der Waals surface area (Å²) in [5, 5.41) is 0.183. The van der Waals surface area contributed by atoms with Crippen LogP contribution in [0.3, 0.4) is 0 Å². The van der Waals surface area contributed by atoms with Crippen LogP contribution in [0, 0.1) is 0 Å². The third-order valence-electron chi connectivity index (χ3n) is 6.17. The van der Waals surface area contributed by atoms with Gasteiger partial charge >= 0.3 is 13.3 Å². The molecule has 0 aromatic heterocycles. The summed E-state index contributed by atoms with van der Waals surface area (Å²) in [7, 11) is -4.46. The van der Waals surface area contributed by atoms with Crippen molar-refractivity contribution in [2.75, 3.05) is 12.4 Å². The van der Waals surface area contributed by atoms with Gasteiger partial charge in [-0.1, -0.05) is 117 Å². The number of carbonyl (C=O) groups is 1. The van der Waals surface area contributed by atoms with Crippen LogP contribution in [-0.4, -0.2) is 34.3 Å². The lowest BCUT2D eigenvalue weighted by atomic mass is 10.1. The van der Waals surface area contributed by atoms with Crippen LogP contribution in [0.1, 0.15) is 143 Å². The molecular weight excluding hydrogens is 483 g/mol. The molecule has 0 radical (unpaired) electrons. The Labute approximate surface area is 220 Å². The van der Waals surface area contributed by atoms with Crippen LogP contribution >= 0.6 is 19.4 Å². The normalized spacial score (nSPS) is 15.0. The van der Waals surface area contributed by atoms with Gasteiger partial charge in [0, 0.05) is 5.25 Å². The maximum absolute atomic E-state index is 11.9. The summed E-state index contributed by atoms with van der Waals surface area (Å²) in [6.07, 6.45) is 21.8. The fourth-order valence-electron chi connectivity index (χ4n) is 3.90. The number of thioether (sulfide) groups is 1. The highest BCUT2D eigenvalue weighted by Gasteiger charge is 2.35. The van der Waals surface area contributed by atoms with Crippen LogP contribution in [0.25, 0.3) is 0 Å². The van der Waals surface area contributed by atoms with E-state index in [0.717, 1.165) is 18.6 Å². The number of carbonyl (C=O) groups excluding carboxylic acids is 1. The van der Waals surface area contributed by atoms with E-state index in [-0.39, 0.29) is 18.0 Å². The molecule has 0 bridgehead atoms. The number of hydrogen-bond acceptors (Lipinski definition) is 6. The highest BCUT2D eigenvalue weighted by atomic mass is 32.2. The zero-order valence-electron chi connectivity index (χ0n) is 23.1. The molecule has 35 heavy (non-hydrogen) atoms. The first-order chi connectivity index (χ1) is 16.9. The molecule has 0 spiro atoms. The van der Waals surface area contributed by atoms with Crippen molar-refractivity contribution in [3.05, 3.63) is 0 Å². The van der Waals surface area contributed by atoms with Crippen molar-refractivity contribution in [1.29, 1.82) is 0 Å². The van der Waals surface area contributed by atoms with Crippen molar-refractivity contribution in [2.45, 2.75) is 155 Å². The van der Waals surface area contributed by atoms with E-state index in [1.807, 2.05) is 18.7 Å². The molecular formula is C27H55O6PS. The molecule has 0 aromatic carbocycles. The molecule has 0 rings (SSSR count). The highest BCUT2D eigenvalue weighted by molar-refractivity contribution is 7.99. The lowest BCUT2D eigenvalue weighted by Crippen LogP contribution is -2.25. The van der Waals surface area contributed by atoms with Crippen molar-refractivity contribution in [3.8, 4) is 0 Å². The molecule has 0 aliphatic carbocycles. The minimum atomic E-state index is -4.46. The minimum Gasteiger partial charge on any atom is -0.316 e. The predicted molar refractivity (Wildman–Crippen MR) is 149 cm³/mol. The van der Waals surface area contributed by atoms with Crippen LogP contribution in [0.4, 0.5) is 4.79 Å². The van der Waals surface area contributed by atoms with Gasteiger partial charge in [-0.25, -0.2) is 9.36 Å². The standard InChI is InChI=1S/C27H55O6PS/c1-5-8-10-12-13-14-15-16-17-19-21-24-35-26(22-20-18-11-9-6-2)25(4)32-33-27(28)34(29,30)31-23-7-3/h25-26H,5-24H2,1-4H3,(H,29,30). The number of rotatable bonds is 26. The van der Waals surface area contributed by atoms with Gasteiger partial charge in [-0.2, -0.15) is 16.6 Å². The van der Waals surface area contributed by atoms with Crippen LogP contribution in [-0.2, 0) is 18.9 Å². The molecule has 8 heteroatoms. The molecule has 0 amide bonds. The predicted octanol–water partition coefficient (Wildman–Crippen LogP) is 9.83. The summed E-state index contributed by atoms with van der Waals surface area (Å²) >= 11 is 1.87. The monoisotopic (exact) mass is 538 g/mol. The zero-order valence-corrected chi connectivity index (χ0v) is 24.9. The highest BCUT2D eigenvalue weighted by Crippen LogP contribution is 2.44. The molecule has 3 atom stereocenters. The van der Waals surface area contributed by atoms with E-state index in [9.17, 15) is 14.3 Å². The Bertz CT molecular complexity index is 534. The summed E-state index contributed by atoms with van der Waals surface area (Å²) < 4.78 is 16.6. The van der Waals surface area contributed by atoms with Crippen molar-refractivity contribution < 1.29 is 28.6 Å². The first-order valence-corrected chi connectivity index (χ1v) is 17.0.